The Labute approximate surface area is 139 Å². The number of carbonyl (C=O) groups excluding carboxylic acids is 1. The van der Waals surface area contributed by atoms with E-state index in [4.69, 9.17) is 10.5 Å². The number of nitrogens with zero attached hydrogens (tertiary/aromatic N) is 3. The number of ether oxygens (including phenoxy) is 1. The molecule has 0 radical (unpaired) electrons. The maximum Gasteiger partial charge on any atom is 0.272 e. The third kappa shape index (κ3) is 2.73. The summed E-state index contributed by atoms with van der Waals surface area (Å²) < 4.78 is 7.57. The third-order valence-corrected chi connectivity index (χ3v) is 4.13. The fourth-order valence-electron chi connectivity index (χ4n) is 2.78. The predicted octanol–water partition coefficient (Wildman–Crippen LogP) is 1.55. The Kier molecular flexibility index (Phi) is 3.68. The first-order valence-corrected chi connectivity index (χ1v) is 8.15. The van der Waals surface area contributed by atoms with E-state index < -0.39 is 0 Å². The van der Waals surface area contributed by atoms with Gasteiger partial charge in [-0.2, -0.15) is 5.10 Å². The van der Waals surface area contributed by atoms with Crippen LogP contribution in [0.1, 0.15) is 35.4 Å². The van der Waals surface area contributed by atoms with Crippen LogP contribution in [-0.2, 0) is 6.54 Å². The molecule has 2 aliphatic rings. The van der Waals surface area contributed by atoms with Gasteiger partial charge in [-0.05, 0) is 31.2 Å². The summed E-state index contributed by atoms with van der Waals surface area (Å²) in [7, 11) is 0. The average molecular weight is 325 g/mol. The first kappa shape index (κ1) is 14.7. The maximum atomic E-state index is 12.6. The molecule has 1 aliphatic carbocycles. The fraction of sp³-hybridized carbons (Fsp3) is 0.353. The van der Waals surface area contributed by atoms with E-state index in [1.165, 1.54) is 6.20 Å². The van der Waals surface area contributed by atoms with Crippen molar-refractivity contribution in [3.63, 3.8) is 0 Å². The molecule has 24 heavy (non-hydrogen) atoms. The molecule has 3 heterocycles. The van der Waals surface area contributed by atoms with Gasteiger partial charge in [0.15, 0.2) is 5.69 Å². The third-order valence-electron chi connectivity index (χ3n) is 4.13. The number of rotatable bonds is 4. The van der Waals surface area contributed by atoms with Crippen LogP contribution < -0.4 is 15.8 Å². The zero-order valence-corrected chi connectivity index (χ0v) is 13.2. The van der Waals surface area contributed by atoms with Gasteiger partial charge in [-0.15, -0.1) is 0 Å². The van der Waals surface area contributed by atoms with Crippen molar-refractivity contribution in [1.82, 2.24) is 20.1 Å². The van der Waals surface area contributed by atoms with Crippen molar-refractivity contribution in [1.29, 1.82) is 0 Å². The highest BCUT2D eigenvalue weighted by Gasteiger charge is 2.30. The zero-order chi connectivity index (χ0) is 16.5. The lowest BCUT2D eigenvalue weighted by atomic mass is 10.1. The lowest BCUT2D eigenvalue weighted by Crippen LogP contribution is -2.26. The highest BCUT2D eigenvalue weighted by molar-refractivity contribution is 6.00. The molecule has 4 rings (SSSR count). The first-order chi connectivity index (χ1) is 11.8. The second-order valence-electron chi connectivity index (χ2n) is 6.03. The largest absolute Gasteiger partial charge is 0.477 e. The quantitative estimate of drug-likeness (QED) is 0.889. The number of aryl methyl sites for hydroxylation is 1. The van der Waals surface area contributed by atoms with Crippen molar-refractivity contribution in [3.05, 3.63) is 35.9 Å². The van der Waals surface area contributed by atoms with Crippen LogP contribution in [0.4, 0.5) is 0 Å². The lowest BCUT2D eigenvalue weighted by molar-refractivity contribution is 0.0945. The minimum Gasteiger partial charge on any atom is -0.477 e. The summed E-state index contributed by atoms with van der Waals surface area (Å²) in [5.41, 5.74) is 8.08. The smallest absolute Gasteiger partial charge is 0.272 e. The topological polar surface area (TPSA) is 95.1 Å². The second kappa shape index (κ2) is 5.99. The lowest BCUT2D eigenvalue weighted by Gasteiger charge is -2.16. The fourth-order valence-corrected chi connectivity index (χ4v) is 2.78. The van der Waals surface area contributed by atoms with Crippen molar-refractivity contribution in [2.24, 2.45) is 5.73 Å². The molecule has 0 bridgehead atoms. The van der Waals surface area contributed by atoms with E-state index in [2.05, 4.69) is 15.4 Å². The predicted molar refractivity (Wildman–Crippen MR) is 89.3 cm³/mol. The van der Waals surface area contributed by atoms with Crippen LogP contribution in [0, 0.1) is 0 Å². The number of amides is 1. The first-order valence-electron chi connectivity index (χ1n) is 8.15. The van der Waals surface area contributed by atoms with E-state index in [0.29, 0.717) is 23.7 Å². The summed E-state index contributed by atoms with van der Waals surface area (Å²) in [4.78, 5) is 16.9. The van der Waals surface area contributed by atoms with E-state index >= 15 is 0 Å². The number of nitrogens with one attached hydrogen (secondary N) is 1. The van der Waals surface area contributed by atoms with Crippen molar-refractivity contribution in [2.45, 2.75) is 31.8 Å². The number of fused-ring (bicyclic) bond motifs is 1. The normalized spacial score (nSPS) is 16.7. The Balaban J connectivity index is 1.76. The highest BCUT2D eigenvalue weighted by Crippen LogP contribution is 2.35. The van der Waals surface area contributed by atoms with Gasteiger partial charge >= 0.3 is 0 Å². The van der Waals surface area contributed by atoms with Crippen molar-refractivity contribution in [2.75, 3.05) is 6.61 Å². The zero-order valence-electron chi connectivity index (χ0n) is 13.2. The van der Waals surface area contributed by atoms with Gasteiger partial charge in [0.1, 0.15) is 0 Å². The van der Waals surface area contributed by atoms with Crippen LogP contribution in [0.2, 0.25) is 0 Å². The molecule has 1 fully saturated rings. The van der Waals surface area contributed by atoms with Crippen LogP contribution >= 0.6 is 0 Å². The van der Waals surface area contributed by atoms with Gasteiger partial charge in [0.05, 0.1) is 17.9 Å². The SMILES string of the molecule is NC=Cc1ccc(-c2c(C(=O)NC3CC3)nn3c2OCCC3)cn1. The molecule has 0 spiro atoms. The summed E-state index contributed by atoms with van der Waals surface area (Å²) in [6.45, 7) is 1.38. The molecule has 1 aliphatic heterocycles. The maximum absolute atomic E-state index is 12.6. The Bertz CT molecular complexity index is 790. The van der Waals surface area contributed by atoms with E-state index in [1.54, 1.807) is 17.0 Å². The van der Waals surface area contributed by atoms with E-state index in [1.807, 2.05) is 12.1 Å². The van der Waals surface area contributed by atoms with Crippen molar-refractivity contribution >= 4 is 12.0 Å². The van der Waals surface area contributed by atoms with Gasteiger partial charge in [0.2, 0.25) is 5.88 Å². The molecular weight excluding hydrogens is 306 g/mol. The minimum absolute atomic E-state index is 0.149. The number of nitrogens with two attached hydrogens (primary N) is 1. The Morgan fingerprint density at radius 1 is 1.42 bits per heavy atom. The molecule has 0 saturated heterocycles. The summed E-state index contributed by atoms with van der Waals surface area (Å²) in [5.74, 6) is 0.495. The molecule has 7 nitrogen and oxygen atoms in total. The second-order valence-corrected chi connectivity index (χ2v) is 6.03. The molecule has 7 heteroatoms. The summed E-state index contributed by atoms with van der Waals surface area (Å²) >= 11 is 0. The number of hydrogen-bond acceptors (Lipinski definition) is 5. The summed E-state index contributed by atoms with van der Waals surface area (Å²) in [6, 6.07) is 4.04. The molecule has 124 valence electrons. The molecule has 2 aromatic heterocycles. The molecule has 1 saturated carbocycles. The van der Waals surface area contributed by atoms with Crippen LogP contribution in [0.15, 0.2) is 24.5 Å². The number of hydrogen-bond donors (Lipinski definition) is 2. The van der Waals surface area contributed by atoms with Crippen LogP contribution in [-0.4, -0.2) is 33.3 Å². The standard InChI is InChI=1S/C17H19N5O2/c18-7-6-12-3-2-11(10-19-12)14-15(16(23)20-13-4-5-13)21-22-8-1-9-24-17(14)22/h2-3,6-7,10,13H,1,4-5,8-9,18H2,(H,20,23). The molecule has 1 amide bonds. The van der Waals surface area contributed by atoms with E-state index in [0.717, 1.165) is 37.1 Å². The van der Waals surface area contributed by atoms with Gasteiger partial charge in [0, 0.05) is 30.8 Å². The Morgan fingerprint density at radius 3 is 3.00 bits per heavy atom. The number of carbonyl (C=O) groups is 1. The summed E-state index contributed by atoms with van der Waals surface area (Å²) in [5, 5.41) is 7.49. The van der Waals surface area contributed by atoms with Gasteiger partial charge in [-0.25, -0.2) is 4.68 Å². The molecule has 3 N–H and O–H groups in total. The van der Waals surface area contributed by atoms with Gasteiger partial charge in [0.25, 0.3) is 5.91 Å². The Morgan fingerprint density at radius 2 is 2.29 bits per heavy atom. The molecule has 2 aromatic rings. The van der Waals surface area contributed by atoms with Crippen LogP contribution in [0.3, 0.4) is 0 Å². The summed E-state index contributed by atoms with van der Waals surface area (Å²) in [6.07, 6.45) is 7.84. The van der Waals surface area contributed by atoms with Gasteiger partial charge in [-0.1, -0.05) is 6.07 Å². The average Bonchev–Trinajstić information content (AvgIpc) is 3.33. The molecule has 0 unspecified atom stereocenters. The Hall–Kier alpha value is -2.83. The van der Waals surface area contributed by atoms with Crippen molar-refractivity contribution < 1.29 is 9.53 Å². The molecular formula is C17H19N5O2. The number of aromatic nitrogens is 3. The van der Waals surface area contributed by atoms with Gasteiger partial charge < -0.3 is 15.8 Å². The molecule has 0 atom stereocenters. The van der Waals surface area contributed by atoms with Crippen molar-refractivity contribution in [3.8, 4) is 17.0 Å². The minimum atomic E-state index is -0.149. The van der Waals surface area contributed by atoms with Crippen LogP contribution in [0.25, 0.3) is 17.2 Å². The van der Waals surface area contributed by atoms with E-state index in [9.17, 15) is 4.79 Å². The van der Waals surface area contributed by atoms with Crippen LogP contribution in [0.5, 0.6) is 5.88 Å². The molecule has 0 aromatic carbocycles. The van der Waals surface area contributed by atoms with E-state index in [-0.39, 0.29) is 11.9 Å². The number of pyridine rings is 1. The monoisotopic (exact) mass is 325 g/mol. The highest BCUT2D eigenvalue weighted by atomic mass is 16.5. The van der Waals surface area contributed by atoms with Gasteiger partial charge in [-0.3, -0.25) is 9.78 Å².